The number of ether oxygens (including phenoxy) is 2. The van der Waals surface area contributed by atoms with Crippen molar-refractivity contribution >= 4 is 11.9 Å². The van der Waals surface area contributed by atoms with Gasteiger partial charge in [-0.15, -0.1) is 0 Å². The van der Waals surface area contributed by atoms with E-state index >= 15 is 0 Å². The number of methoxy groups -OCH3 is 2. The highest BCUT2D eigenvalue weighted by atomic mass is 16.5. The summed E-state index contributed by atoms with van der Waals surface area (Å²) in [6, 6.07) is 11.6. The lowest BCUT2D eigenvalue weighted by molar-refractivity contribution is -0.306. The van der Waals surface area contributed by atoms with Gasteiger partial charge in [-0.2, -0.15) is 0 Å². The average Bonchev–Trinajstić information content (AvgIpc) is 2.65. The monoisotopic (exact) mass is 384 g/mol. The molecule has 6 heteroatoms. The van der Waals surface area contributed by atoms with E-state index in [-0.39, 0.29) is 17.4 Å². The molecule has 0 heterocycles. The Kier molecular flexibility index (Phi) is 6.67. The molecule has 1 N–H and O–H groups in total. The maximum atomic E-state index is 12.8. The van der Waals surface area contributed by atoms with E-state index in [4.69, 9.17) is 9.47 Å². The maximum Gasteiger partial charge on any atom is 0.255 e. The Hall–Kier alpha value is -3.02. The summed E-state index contributed by atoms with van der Waals surface area (Å²) in [4.78, 5) is 24.0. The molecule has 0 aromatic heterocycles. The van der Waals surface area contributed by atoms with Gasteiger partial charge in [-0.3, -0.25) is 4.79 Å². The predicted molar refractivity (Wildman–Crippen MR) is 105 cm³/mol. The van der Waals surface area contributed by atoms with Crippen LogP contribution in [0.15, 0.2) is 42.5 Å². The summed E-state index contributed by atoms with van der Waals surface area (Å²) < 4.78 is 10.4. The zero-order chi connectivity index (χ0) is 20.9. The number of carbonyl (C=O) groups excluding carboxylic acids is 2. The summed E-state index contributed by atoms with van der Waals surface area (Å²) in [6.07, 6.45) is -0.334. The molecule has 0 aliphatic heterocycles. The molecule has 0 radical (unpaired) electrons. The van der Waals surface area contributed by atoms with Gasteiger partial charge in [0.25, 0.3) is 5.91 Å². The fourth-order valence-corrected chi connectivity index (χ4v) is 2.86. The lowest BCUT2D eigenvalue weighted by Gasteiger charge is -2.23. The second-order valence-electron chi connectivity index (χ2n) is 7.54. The zero-order valence-electron chi connectivity index (χ0n) is 16.9. The number of carboxylic acids is 1. The molecule has 0 bridgehead atoms. The van der Waals surface area contributed by atoms with Gasteiger partial charge < -0.3 is 24.7 Å². The van der Waals surface area contributed by atoms with Gasteiger partial charge in [-0.25, -0.2) is 0 Å². The molecule has 2 aromatic rings. The van der Waals surface area contributed by atoms with Crippen LogP contribution in [-0.4, -0.2) is 26.1 Å². The summed E-state index contributed by atoms with van der Waals surface area (Å²) in [6.45, 7) is 6.29. The predicted octanol–water partition coefficient (Wildman–Crippen LogP) is 2.61. The highest BCUT2D eigenvalue weighted by Gasteiger charge is 2.20. The van der Waals surface area contributed by atoms with Gasteiger partial charge in [0.15, 0.2) is 0 Å². The number of hydrogen-bond acceptors (Lipinski definition) is 5. The lowest BCUT2D eigenvalue weighted by Crippen LogP contribution is -2.34. The second-order valence-corrected chi connectivity index (χ2v) is 7.54. The number of hydrogen-bond donors (Lipinski definition) is 1. The van der Waals surface area contributed by atoms with Crippen molar-refractivity contribution in [3.05, 3.63) is 59.2 Å². The number of nitrogens with one attached hydrogen (secondary N) is 1. The third-order valence-electron chi connectivity index (χ3n) is 4.51. The number of carbonyl (C=O) groups is 2. The van der Waals surface area contributed by atoms with Crippen molar-refractivity contribution in [3.63, 3.8) is 0 Å². The van der Waals surface area contributed by atoms with Gasteiger partial charge in [-0.1, -0.05) is 45.0 Å². The van der Waals surface area contributed by atoms with Crippen molar-refractivity contribution in [3.8, 4) is 11.5 Å². The molecule has 2 rings (SSSR count). The van der Waals surface area contributed by atoms with Crippen molar-refractivity contribution in [1.29, 1.82) is 0 Å². The Labute approximate surface area is 165 Å². The Bertz CT molecular complexity index is 837. The van der Waals surface area contributed by atoms with E-state index in [0.29, 0.717) is 17.1 Å². The minimum atomic E-state index is -1.24. The molecule has 0 saturated carbocycles. The summed E-state index contributed by atoms with van der Waals surface area (Å²) in [5, 5.41) is 14.0. The van der Waals surface area contributed by atoms with E-state index < -0.39 is 17.9 Å². The molecule has 1 atom stereocenters. The third kappa shape index (κ3) is 5.25. The normalized spacial score (nSPS) is 12.2. The average molecular weight is 384 g/mol. The van der Waals surface area contributed by atoms with Crippen LogP contribution in [0.4, 0.5) is 0 Å². The smallest absolute Gasteiger partial charge is 0.255 e. The van der Waals surface area contributed by atoms with Crippen LogP contribution in [0.25, 0.3) is 0 Å². The molecule has 2 aromatic carbocycles. The summed E-state index contributed by atoms with van der Waals surface area (Å²) in [5.74, 6) is -0.790. The fraction of sp³-hybridized carbons (Fsp3) is 0.364. The summed E-state index contributed by atoms with van der Waals surface area (Å²) >= 11 is 0. The molecule has 150 valence electrons. The number of carboxylic acid groups (broad SMARTS) is 1. The highest BCUT2D eigenvalue weighted by molar-refractivity contribution is 5.97. The van der Waals surface area contributed by atoms with Crippen LogP contribution in [0.2, 0.25) is 0 Å². The molecule has 0 spiro atoms. The van der Waals surface area contributed by atoms with Crippen LogP contribution >= 0.6 is 0 Å². The van der Waals surface area contributed by atoms with E-state index in [9.17, 15) is 14.7 Å². The van der Waals surface area contributed by atoms with Gasteiger partial charge in [0.2, 0.25) is 0 Å². The van der Waals surface area contributed by atoms with E-state index in [0.717, 1.165) is 5.56 Å². The second kappa shape index (κ2) is 8.78. The number of amides is 1. The van der Waals surface area contributed by atoms with Gasteiger partial charge in [0.1, 0.15) is 11.5 Å². The van der Waals surface area contributed by atoms with Crippen molar-refractivity contribution in [2.24, 2.45) is 0 Å². The Morgan fingerprint density at radius 3 is 2.18 bits per heavy atom. The summed E-state index contributed by atoms with van der Waals surface area (Å²) in [5.41, 5.74) is 2.07. The SMILES string of the molecule is COc1ccc(C(=O)N[C@@H](CC(=O)[O-])c2ccc(C(C)(C)C)cc2)c(OC)c1. The van der Waals surface area contributed by atoms with Crippen LogP contribution < -0.4 is 19.9 Å². The Morgan fingerprint density at radius 1 is 1.04 bits per heavy atom. The fourth-order valence-electron chi connectivity index (χ4n) is 2.86. The lowest BCUT2D eigenvalue weighted by atomic mass is 9.86. The quantitative estimate of drug-likeness (QED) is 0.793. The molecule has 6 nitrogen and oxygen atoms in total. The molecule has 1 amide bonds. The summed E-state index contributed by atoms with van der Waals surface area (Å²) in [7, 11) is 2.97. The van der Waals surface area contributed by atoms with Crippen LogP contribution in [0, 0.1) is 0 Å². The first kappa shape index (κ1) is 21.3. The third-order valence-corrected chi connectivity index (χ3v) is 4.51. The van der Waals surface area contributed by atoms with E-state index in [1.807, 2.05) is 24.3 Å². The van der Waals surface area contributed by atoms with Crippen molar-refractivity contribution in [1.82, 2.24) is 5.32 Å². The minimum Gasteiger partial charge on any atom is -0.550 e. The highest BCUT2D eigenvalue weighted by Crippen LogP contribution is 2.27. The van der Waals surface area contributed by atoms with E-state index in [1.54, 1.807) is 18.2 Å². The van der Waals surface area contributed by atoms with Crippen LogP contribution in [-0.2, 0) is 10.2 Å². The van der Waals surface area contributed by atoms with Gasteiger partial charge in [0.05, 0.1) is 25.8 Å². The first-order valence-corrected chi connectivity index (χ1v) is 8.99. The van der Waals surface area contributed by atoms with Gasteiger partial charge >= 0.3 is 0 Å². The standard InChI is InChI=1S/C22H27NO5/c1-22(2,3)15-8-6-14(7-9-15)18(13-20(24)25)23-21(26)17-11-10-16(27-4)12-19(17)28-5/h6-12,18H,13H2,1-5H3,(H,23,26)(H,24,25)/p-1/t18-/m0/s1. The van der Waals surface area contributed by atoms with Crippen LogP contribution in [0.3, 0.4) is 0 Å². The number of rotatable bonds is 7. The van der Waals surface area contributed by atoms with Crippen molar-refractivity contribution in [2.75, 3.05) is 14.2 Å². The minimum absolute atomic E-state index is 0.0257. The first-order chi connectivity index (χ1) is 13.2. The number of aliphatic carboxylic acids is 1. The molecule has 0 saturated heterocycles. The van der Waals surface area contributed by atoms with E-state index in [1.165, 1.54) is 14.2 Å². The van der Waals surface area contributed by atoms with Gasteiger partial charge in [0, 0.05) is 18.5 Å². The molecule has 28 heavy (non-hydrogen) atoms. The molecular formula is C22H26NO5-. The van der Waals surface area contributed by atoms with E-state index in [2.05, 4.69) is 26.1 Å². The zero-order valence-corrected chi connectivity index (χ0v) is 16.9. The Morgan fingerprint density at radius 2 is 1.68 bits per heavy atom. The van der Waals surface area contributed by atoms with Gasteiger partial charge in [-0.05, 0) is 28.7 Å². The maximum absolute atomic E-state index is 12.8. The molecule has 0 fully saturated rings. The molecule has 0 aliphatic carbocycles. The van der Waals surface area contributed by atoms with Crippen molar-refractivity contribution in [2.45, 2.75) is 38.6 Å². The van der Waals surface area contributed by atoms with Crippen LogP contribution in [0.5, 0.6) is 11.5 Å². The molecular weight excluding hydrogens is 358 g/mol. The largest absolute Gasteiger partial charge is 0.550 e. The topological polar surface area (TPSA) is 87.7 Å². The molecule has 0 aliphatic rings. The first-order valence-electron chi connectivity index (χ1n) is 8.99. The Balaban J connectivity index is 2.29. The molecule has 0 unspecified atom stereocenters. The van der Waals surface area contributed by atoms with Crippen LogP contribution in [0.1, 0.15) is 54.7 Å². The van der Waals surface area contributed by atoms with Crippen molar-refractivity contribution < 1.29 is 24.2 Å². The number of benzene rings is 2.